The van der Waals surface area contributed by atoms with Crippen LogP contribution < -0.4 is 10.5 Å². The molecule has 8 nitrogen and oxygen atoms in total. The van der Waals surface area contributed by atoms with Gasteiger partial charge in [-0.15, -0.1) is 0 Å². The number of primary amides is 1. The van der Waals surface area contributed by atoms with Crippen molar-refractivity contribution in [3.05, 3.63) is 83.4 Å². The molecule has 2 N–H and O–H groups in total. The Kier molecular flexibility index (Phi) is 6.93. The largest absolute Gasteiger partial charge is 0.457 e. The number of amides is 2. The molecule has 0 spiro atoms. The summed E-state index contributed by atoms with van der Waals surface area (Å²) >= 11 is 6.43. The quantitative estimate of drug-likeness (QED) is 0.528. The molecule has 0 bridgehead atoms. The summed E-state index contributed by atoms with van der Waals surface area (Å²) in [6, 6.07) is 16.0. The van der Waals surface area contributed by atoms with Crippen molar-refractivity contribution >= 4 is 23.6 Å². The molecule has 3 atom stereocenters. The first-order valence-corrected chi connectivity index (χ1v) is 11.6. The van der Waals surface area contributed by atoms with Crippen LogP contribution in [-0.4, -0.2) is 45.1 Å². The summed E-state index contributed by atoms with van der Waals surface area (Å²) in [6.07, 6.45) is 2.46. The zero-order chi connectivity index (χ0) is 25.2. The number of nitrogens with two attached hydrogens (primary N) is 1. The summed E-state index contributed by atoms with van der Waals surface area (Å²) in [4.78, 5) is 35.2. The number of hydrogen-bond donors (Lipinski definition) is 1. The molecule has 2 aromatic carbocycles. The average molecular weight is 495 g/mol. The molecule has 1 aromatic heterocycles. The highest BCUT2D eigenvalue weighted by molar-refractivity contribution is 6.30. The van der Waals surface area contributed by atoms with E-state index in [-0.39, 0.29) is 17.6 Å². The zero-order valence-corrected chi connectivity index (χ0v) is 20.5. The van der Waals surface area contributed by atoms with E-state index >= 15 is 0 Å². The van der Waals surface area contributed by atoms with Gasteiger partial charge in [-0.1, -0.05) is 41.9 Å². The molecule has 4 rings (SSSR count). The van der Waals surface area contributed by atoms with Gasteiger partial charge >= 0.3 is 6.09 Å². The summed E-state index contributed by atoms with van der Waals surface area (Å²) in [5.74, 6) is -0.0524. The summed E-state index contributed by atoms with van der Waals surface area (Å²) in [5.41, 5.74) is 6.39. The van der Waals surface area contributed by atoms with Gasteiger partial charge in [-0.3, -0.25) is 14.7 Å². The number of nitrogens with zero attached hydrogens (tertiary/aromatic N) is 3. The number of likely N-dealkylation sites (tertiary alicyclic amines) is 1. The lowest BCUT2D eigenvalue weighted by Gasteiger charge is -2.49. The molecule has 182 valence electrons. The molecule has 1 fully saturated rings. The second-order valence-corrected chi connectivity index (χ2v) is 9.70. The third-order valence-corrected chi connectivity index (χ3v) is 5.98. The molecular weight excluding hydrogens is 468 g/mol. The highest BCUT2D eigenvalue weighted by Crippen LogP contribution is 2.43. The van der Waals surface area contributed by atoms with Gasteiger partial charge in [0.2, 0.25) is 5.91 Å². The molecule has 2 amide bonds. The fourth-order valence-corrected chi connectivity index (χ4v) is 4.43. The third kappa shape index (κ3) is 5.54. The monoisotopic (exact) mass is 494 g/mol. The summed E-state index contributed by atoms with van der Waals surface area (Å²) < 4.78 is 11.4. The van der Waals surface area contributed by atoms with Crippen molar-refractivity contribution < 1.29 is 19.1 Å². The van der Waals surface area contributed by atoms with Gasteiger partial charge in [0.1, 0.15) is 23.1 Å². The van der Waals surface area contributed by atoms with E-state index in [1.54, 1.807) is 27.0 Å². The van der Waals surface area contributed by atoms with Crippen LogP contribution >= 0.6 is 11.6 Å². The average Bonchev–Trinajstić information content (AvgIpc) is 2.77. The first-order valence-electron chi connectivity index (χ1n) is 11.2. The molecule has 35 heavy (non-hydrogen) atoms. The van der Waals surface area contributed by atoms with Gasteiger partial charge in [0.05, 0.1) is 5.69 Å². The maximum atomic E-state index is 12.7. The summed E-state index contributed by atoms with van der Waals surface area (Å²) in [7, 11) is 0. The Bertz CT molecular complexity index is 1200. The van der Waals surface area contributed by atoms with Crippen LogP contribution in [0.2, 0.25) is 5.15 Å². The van der Waals surface area contributed by atoms with Gasteiger partial charge in [0.25, 0.3) is 0 Å². The highest BCUT2D eigenvalue weighted by atomic mass is 35.5. The van der Waals surface area contributed by atoms with Crippen LogP contribution in [0.4, 0.5) is 4.79 Å². The number of benzene rings is 2. The van der Waals surface area contributed by atoms with E-state index in [2.05, 4.69) is 9.97 Å². The molecule has 0 saturated carbocycles. The fourth-order valence-electron chi connectivity index (χ4n) is 4.21. The van der Waals surface area contributed by atoms with E-state index in [0.717, 1.165) is 11.3 Å². The number of halogens is 1. The normalized spacial score (nSPS) is 18.3. The maximum absolute atomic E-state index is 12.7. The minimum Gasteiger partial charge on any atom is -0.457 e. The molecule has 0 aliphatic carbocycles. The van der Waals surface area contributed by atoms with Gasteiger partial charge in [-0.05, 0) is 50.6 Å². The van der Waals surface area contributed by atoms with E-state index in [9.17, 15) is 9.59 Å². The number of carbonyl (C=O) groups excluding carboxylic acids is 2. The van der Waals surface area contributed by atoms with Crippen LogP contribution in [0, 0.1) is 5.92 Å². The van der Waals surface area contributed by atoms with Crippen LogP contribution in [0.1, 0.15) is 37.9 Å². The molecule has 3 unspecified atom stereocenters. The molecule has 1 saturated heterocycles. The number of aromatic nitrogens is 2. The number of para-hydroxylation sites is 1. The van der Waals surface area contributed by atoms with Gasteiger partial charge in [0.15, 0.2) is 5.15 Å². The van der Waals surface area contributed by atoms with Crippen LogP contribution in [-0.2, 0) is 9.53 Å². The number of ether oxygens (including phenoxy) is 2. The Balaban J connectivity index is 1.65. The van der Waals surface area contributed by atoms with Crippen molar-refractivity contribution in [1.29, 1.82) is 0 Å². The van der Waals surface area contributed by atoms with Gasteiger partial charge in [0, 0.05) is 30.8 Å². The lowest BCUT2D eigenvalue weighted by molar-refractivity contribution is -0.132. The fraction of sp³-hybridized carbons (Fsp3) is 0.308. The number of rotatable bonds is 6. The predicted molar refractivity (Wildman–Crippen MR) is 131 cm³/mol. The topological polar surface area (TPSA) is 108 Å². The van der Waals surface area contributed by atoms with Crippen molar-refractivity contribution in [2.24, 2.45) is 11.7 Å². The Morgan fingerprint density at radius 3 is 2.26 bits per heavy atom. The Labute approximate surface area is 209 Å². The maximum Gasteiger partial charge on any atom is 0.410 e. The van der Waals surface area contributed by atoms with Gasteiger partial charge in [-0.2, -0.15) is 0 Å². The molecule has 1 aliphatic rings. The van der Waals surface area contributed by atoms with Gasteiger partial charge < -0.3 is 15.2 Å². The first kappa shape index (κ1) is 24.5. The summed E-state index contributed by atoms with van der Waals surface area (Å²) in [5, 5.41) is 0.223. The highest BCUT2D eigenvalue weighted by Gasteiger charge is 2.51. The zero-order valence-electron chi connectivity index (χ0n) is 19.7. The smallest absolute Gasteiger partial charge is 0.410 e. The molecule has 3 aromatic rings. The molecule has 2 heterocycles. The minimum atomic E-state index is -0.881. The standard InChI is InChI=1S/C26H27ClN4O4/c1-26(2,3)35-25(33)31-15-19(22(31)24(28)32)20(21-23(27)30-14-13-29-21)16-9-11-18(12-10-16)34-17-7-5-4-6-8-17/h4-14,19-20,22H,15H2,1-3H3,(H2,28,32). The molecular formula is C26H27ClN4O4. The van der Waals surface area contributed by atoms with E-state index in [1.165, 1.54) is 11.1 Å². The molecule has 1 aliphatic heterocycles. The van der Waals surface area contributed by atoms with E-state index in [1.807, 2.05) is 54.6 Å². The first-order chi connectivity index (χ1) is 16.6. The van der Waals surface area contributed by atoms with E-state index in [4.69, 9.17) is 26.8 Å². The Morgan fingerprint density at radius 2 is 1.66 bits per heavy atom. The Hall–Kier alpha value is -3.65. The van der Waals surface area contributed by atoms with Crippen molar-refractivity contribution in [3.63, 3.8) is 0 Å². The third-order valence-electron chi connectivity index (χ3n) is 5.69. The van der Waals surface area contributed by atoms with Crippen LogP contribution in [0.5, 0.6) is 11.5 Å². The second kappa shape index (κ2) is 9.92. The van der Waals surface area contributed by atoms with Crippen molar-refractivity contribution in [1.82, 2.24) is 14.9 Å². The lowest BCUT2D eigenvalue weighted by Crippen LogP contribution is -2.66. The SMILES string of the molecule is CC(C)(C)OC(=O)N1CC(C(c2ccc(Oc3ccccc3)cc2)c2nccnc2Cl)C1C(N)=O. The van der Waals surface area contributed by atoms with Crippen molar-refractivity contribution in [3.8, 4) is 11.5 Å². The molecule has 9 heteroatoms. The second-order valence-electron chi connectivity index (χ2n) is 9.34. The number of carbonyl (C=O) groups is 2. The van der Waals surface area contributed by atoms with Crippen LogP contribution in [0.15, 0.2) is 67.0 Å². The lowest BCUT2D eigenvalue weighted by atomic mass is 9.73. The van der Waals surface area contributed by atoms with Crippen molar-refractivity contribution in [2.45, 2.75) is 38.3 Å². The van der Waals surface area contributed by atoms with Crippen LogP contribution in [0.25, 0.3) is 0 Å². The van der Waals surface area contributed by atoms with Crippen molar-refractivity contribution in [2.75, 3.05) is 6.54 Å². The summed E-state index contributed by atoms with van der Waals surface area (Å²) in [6.45, 7) is 5.55. The molecule has 0 radical (unpaired) electrons. The number of hydrogen-bond acceptors (Lipinski definition) is 6. The predicted octanol–water partition coefficient (Wildman–Crippen LogP) is 4.78. The minimum absolute atomic E-state index is 0.223. The van der Waals surface area contributed by atoms with E-state index < -0.39 is 29.6 Å². The van der Waals surface area contributed by atoms with E-state index in [0.29, 0.717) is 11.4 Å². The van der Waals surface area contributed by atoms with Gasteiger partial charge in [-0.25, -0.2) is 9.78 Å². The van der Waals surface area contributed by atoms with Crippen LogP contribution in [0.3, 0.4) is 0 Å². The Morgan fingerprint density at radius 1 is 1.03 bits per heavy atom.